The van der Waals surface area contributed by atoms with Crippen LogP contribution in [0.25, 0.3) is 0 Å². The molecule has 0 heterocycles. The lowest BCUT2D eigenvalue weighted by molar-refractivity contribution is -0.115. The van der Waals surface area contributed by atoms with Crippen LogP contribution in [0.5, 0.6) is 0 Å². The third kappa shape index (κ3) is 3.51. The number of carbonyl (C=O) groups excluding carboxylic acids is 1. The highest BCUT2D eigenvalue weighted by Gasteiger charge is 2.11. The molecule has 1 atom stereocenters. The van der Waals surface area contributed by atoms with Crippen molar-refractivity contribution in [3.63, 3.8) is 0 Å². The molecule has 0 fully saturated rings. The van der Waals surface area contributed by atoms with Crippen molar-refractivity contribution >= 4 is 5.78 Å². The van der Waals surface area contributed by atoms with Gasteiger partial charge in [0.05, 0.1) is 0 Å². The Balaban J connectivity index is 3.92. The van der Waals surface area contributed by atoms with E-state index in [1.807, 2.05) is 19.9 Å². The van der Waals surface area contributed by atoms with E-state index in [1.54, 1.807) is 0 Å². The Hall–Kier alpha value is -0.850. The number of ketones is 1. The summed E-state index contributed by atoms with van der Waals surface area (Å²) < 4.78 is 0. The summed E-state index contributed by atoms with van der Waals surface area (Å²) in [6, 6.07) is 0. The van der Waals surface area contributed by atoms with Crippen molar-refractivity contribution in [2.45, 2.75) is 33.1 Å². The standard InChI is InChI=1S/C11H18O/c1-5-7-8-9(3)10(4)11(12)6-2/h5,9H,1,4,6-8H2,2-3H3. The molecular formula is C11H18O. The number of carbonyl (C=O) groups is 1. The fourth-order valence-corrected chi connectivity index (χ4v) is 1.04. The smallest absolute Gasteiger partial charge is 0.158 e. The lowest BCUT2D eigenvalue weighted by Crippen LogP contribution is -2.08. The van der Waals surface area contributed by atoms with Crippen molar-refractivity contribution in [1.29, 1.82) is 0 Å². The Morgan fingerprint density at radius 3 is 2.58 bits per heavy atom. The molecule has 0 bridgehead atoms. The predicted octanol–water partition coefficient (Wildman–Crippen LogP) is 3.12. The van der Waals surface area contributed by atoms with Crippen LogP contribution in [-0.4, -0.2) is 5.78 Å². The maximum Gasteiger partial charge on any atom is 0.158 e. The lowest BCUT2D eigenvalue weighted by atomic mass is 9.93. The maximum atomic E-state index is 11.2. The van der Waals surface area contributed by atoms with Crippen LogP contribution >= 0.6 is 0 Å². The van der Waals surface area contributed by atoms with E-state index in [0.717, 1.165) is 18.4 Å². The van der Waals surface area contributed by atoms with E-state index in [0.29, 0.717) is 12.3 Å². The monoisotopic (exact) mass is 166 g/mol. The van der Waals surface area contributed by atoms with Crippen molar-refractivity contribution in [2.75, 3.05) is 0 Å². The van der Waals surface area contributed by atoms with E-state index in [4.69, 9.17) is 0 Å². The fraction of sp³-hybridized carbons (Fsp3) is 0.545. The molecule has 1 nitrogen and oxygen atoms in total. The second kappa shape index (κ2) is 5.76. The van der Waals surface area contributed by atoms with Crippen LogP contribution in [-0.2, 0) is 4.79 Å². The Labute approximate surface area is 75.2 Å². The van der Waals surface area contributed by atoms with Crippen LogP contribution in [0.15, 0.2) is 24.8 Å². The van der Waals surface area contributed by atoms with Crippen molar-refractivity contribution in [1.82, 2.24) is 0 Å². The van der Waals surface area contributed by atoms with Gasteiger partial charge in [0.25, 0.3) is 0 Å². The zero-order valence-electron chi connectivity index (χ0n) is 8.10. The summed E-state index contributed by atoms with van der Waals surface area (Å²) in [6.45, 7) is 11.3. The fourth-order valence-electron chi connectivity index (χ4n) is 1.04. The summed E-state index contributed by atoms with van der Waals surface area (Å²) in [4.78, 5) is 11.2. The van der Waals surface area contributed by atoms with Crippen LogP contribution in [0.3, 0.4) is 0 Å². The Bertz CT molecular complexity index is 179. The van der Waals surface area contributed by atoms with Crippen LogP contribution in [0, 0.1) is 5.92 Å². The first-order chi connectivity index (χ1) is 5.63. The average molecular weight is 166 g/mol. The summed E-state index contributed by atoms with van der Waals surface area (Å²) in [5, 5.41) is 0. The Kier molecular flexibility index (Phi) is 5.35. The predicted molar refractivity (Wildman–Crippen MR) is 53.0 cm³/mol. The molecule has 0 saturated carbocycles. The number of Topliss-reactive ketones (excluding diaryl/α,β-unsaturated/α-hetero) is 1. The van der Waals surface area contributed by atoms with E-state index in [1.165, 1.54) is 0 Å². The second-order valence-corrected chi connectivity index (χ2v) is 3.07. The molecule has 0 aromatic heterocycles. The lowest BCUT2D eigenvalue weighted by Gasteiger charge is -2.11. The minimum absolute atomic E-state index is 0.187. The van der Waals surface area contributed by atoms with E-state index in [9.17, 15) is 4.79 Å². The molecule has 0 N–H and O–H groups in total. The number of hydrogen-bond acceptors (Lipinski definition) is 1. The van der Waals surface area contributed by atoms with E-state index < -0.39 is 0 Å². The number of allylic oxidation sites excluding steroid dienone is 2. The Morgan fingerprint density at radius 2 is 2.17 bits per heavy atom. The number of rotatable bonds is 6. The largest absolute Gasteiger partial charge is 0.295 e. The zero-order valence-corrected chi connectivity index (χ0v) is 8.10. The van der Waals surface area contributed by atoms with Crippen molar-refractivity contribution in [3.8, 4) is 0 Å². The highest BCUT2D eigenvalue weighted by molar-refractivity contribution is 5.94. The molecule has 0 rings (SSSR count). The van der Waals surface area contributed by atoms with Gasteiger partial charge in [0.15, 0.2) is 5.78 Å². The summed E-state index contributed by atoms with van der Waals surface area (Å²) in [5.74, 6) is 0.488. The van der Waals surface area contributed by atoms with Gasteiger partial charge in [-0.05, 0) is 24.3 Å². The van der Waals surface area contributed by atoms with Crippen molar-refractivity contribution in [3.05, 3.63) is 24.8 Å². The first kappa shape index (κ1) is 11.2. The van der Waals surface area contributed by atoms with E-state index in [2.05, 4.69) is 13.2 Å². The molecule has 0 spiro atoms. The first-order valence-electron chi connectivity index (χ1n) is 4.46. The van der Waals surface area contributed by atoms with Crippen LogP contribution in [0.4, 0.5) is 0 Å². The highest BCUT2D eigenvalue weighted by Crippen LogP contribution is 2.16. The molecule has 0 aromatic rings. The molecule has 1 unspecified atom stereocenters. The normalized spacial score (nSPS) is 12.2. The molecule has 68 valence electrons. The third-order valence-corrected chi connectivity index (χ3v) is 2.08. The highest BCUT2D eigenvalue weighted by atomic mass is 16.1. The second-order valence-electron chi connectivity index (χ2n) is 3.07. The molecule has 0 aliphatic heterocycles. The van der Waals surface area contributed by atoms with Gasteiger partial charge >= 0.3 is 0 Å². The zero-order chi connectivity index (χ0) is 9.56. The van der Waals surface area contributed by atoms with Gasteiger partial charge in [0.2, 0.25) is 0 Å². The van der Waals surface area contributed by atoms with Crippen molar-refractivity contribution in [2.24, 2.45) is 5.92 Å². The molecule has 1 heteroatoms. The maximum absolute atomic E-state index is 11.2. The SMILES string of the molecule is C=CCCC(C)C(=C)C(=O)CC. The quantitative estimate of drug-likeness (QED) is 0.437. The Morgan fingerprint density at radius 1 is 1.58 bits per heavy atom. The van der Waals surface area contributed by atoms with Gasteiger partial charge < -0.3 is 0 Å². The summed E-state index contributed by atoms with van der Waals surface area (Å²) in [6.07, 6.45) is 4.38. The van der Waals surface area contributed by atoms with E-state index in [-0.39, 0.29) is 5.78 Å². The van der Waals surface area contributed by atoms with Gasteiger partial charge in [-0.25, -0.2) is 0 Å². The molecule has 0 amide bonds. The molecule has 0 saturated heterocycles. The van der Waals surface area contributed by atoms with Gasteiger partial charge in [-0.15, -0.1) is 6.58 Å². The molecule has 0 aromatic carbocycles. The first-order valence-corrected chi connectivity index (χ1v) is 4.46. The van der Waals surface area contributed by atoms with Gasteiger partial charge in [0, 0.05) is 6.42 Å². The molecule has 0 aliphatic carbocycles. The van der Waals surface area contributed by atoms with Gasteiger partial charge in [-0.2, -0.15) is 0 Å². The summed E-state index contributed by atoms with van der Waals surface area (Å²) >= 11 is 0. The van der Waals surface area contributed by atoms with Gasteiger partial charge in [-0.1, -0.05) is 26.5 Å². The number of hydrogen-bond donors (Lipinski definition) is 0. The molecule has 0 aliphatic rings. The van der Waals surface area contributed by atoms with Crippen LogP contribution < -0.4 is 0 Å². The summed E-state index contributed by atoms with van der Waals surface area (Å²) in [5.41, 5.74) is 0.763. The molecule has 0 radical (unpaired) electrons. The summed E-state index contributed by atoms with van der Waals surface area (Å²) in [7, 11) is 0. The van der Waals surface area contributed by atoms with E-state index >= 15 is 0 Å². The van der Waals surface area contributed by atoms with Crippen LogP contribution in [0.1, 0.15) is 33.1 Å². The minimum Gasteiger partial charge on any atom is -0.295 e. The average Bonchev–Trinajstić information content (AvgIpc) is 2.11. The minimum atomic E-state index is 0.187. The third-order valence-electron chi connectivity index (χ3n) is 2.08. The van der Waals surface area contributed by atoms with Crippen LogP contribution in [0.2, 0.25) is 0 Å². The molecule has 12 heavy (non-hydrogen) atoms. The van der Waals surface area contributed by atoms with Crippen molar-refractivity contribution < 1.29 is 4.79 Å². The molecular weight excluding hydrogens is 148 g/mol. The van der Waals surface area contributed by atoms with Gasteiger partial charge in [-0.3, -0.25) is 4.79 Å². The topological polar surface area (TPSA) is 17.1 Å². The van der Waals surface area contributed by atoms with Gasteiger partial charge in [0.1, 0.15) is 0 Å².